The molecule has 0 saturated heterocycles. The minimum atomic E-state index is -4.95. The maximum absolute atomic E-state index is 13.1. The monoisotopic (exact) mass is 478 g/mol. The molecule has 2 heterocycles. The fraction of sp³-hybridized carbons (Fsp3) is 0.333. The number of nitrogens with zero attached hydrogens (tertiary/aromatic N) is 3. The zero-order chi connectivity index (χ0) is 23.1. The summed E-state index contributed by atoms with van der Waals surface area (Å²) in [6.45, 7) is 1.55. The van der Waals surface area contributed by atoms with E-state index in [1.807, 2.05) is 0 Å². The summed E-state index contributed by atoms with van der Waals surface area (Å²) in [5.74, 6) is 0.372. The number of aromatic nitrogens is 3. The highest BCUT2D eigenvalue weighted by molar-refractivity contribution is 7.87. The van der Waals surface area contributed by atoms with Crippen LogP contribution in [-0.2, 0) is 27.8 Å². The maximum Gasteiger partial charge on any atom is 0.420 e. The summed E-state index contributed by atoms with van der Waals surface area (Å²) in [5.41, 5.74) is 6.01. The Kier molecular flexibility index (Phi) is 5.98. The minimum absolute atomic E-state index is 0.251. The number of carbonyl (C=O) groups excluding carboxylic acids is 1. The van der Waals surface area contributed by atoms with Crippen molar-refractivity contribution in [1.82, 2.24) is 14.3 Å². The van der Waals surface area contributed by atoms with Crippen molar-refractivity contribution in [3.05, 3.63) is 46.7 Å². The molecule has 3 rings (SSSR count). The average Bonchev–Trinajstić information content (AvgIpc) is 3.12. The van der Waals surface area contributed by atoms with Gasteiger partial charge in [-0.25, -0.2) is 4.79 Å². The Morgan fingerprint density at radius 3 is 2.61 bits per heavy atom. The molecular weight excluding hydrogens is 461 g/mol. The molecule has 0 spiro atoms. The van der Waals surface area contributed by atoms with E-state index in [-0.39, 0.29) is 5.56 Å². The van der Waals surface area contributed by atoms with Crippen molar-refractivity contribution in [3.63, 3.8) is 0 Å². The van der Waals surface area contributed by atoms with Crippen LogP contribution in [0, 0.1) is 6.92 Å². The molecule has 31 heavy (non-hydrogen) atoms. The van der Waals surface area contributed by atoms with Gasteiger partial charge < -0.3 is 14.5 Å². The van der Waals surface area contributed by atoms with Gasteiger partial charge in [-0.1, -0.05) is 11.6 Å². The molecule has 1 aromatic carbocycles. The first kappa shape index (κ1) is 22.9. The predicted octanol–water partition coefficient (Wildman–Crippen LogP) is 3.61. The van der Waals surface area contributed by atoms with Gasteiger partial charge in [0.2, 0.25) is 0 Å². The van der Waals surface area contributed by atoms with Crippen molar-refractivity contribution in [2.45, 2.75) is 31.2 Å². The van der Waals surface area contributed by atoms with E-state index >= 15 is 0 Å². The fourth-order valence-corrected chi connectivity index (χ4v) is 4.78. The van der Waals surface area contributed by atoms with Crippen LogP contribution in [0.5, 0.6) is 0 Å². The van der Waals surface area contributed by atoms with Crippen LogP contribution in [0.3, 0.4) is 0 Å². The molecule has 0 aliphatic heterocycles. The first-order valence-corrected chi connectivity index (χ1v) is 10.7. The molecule has 13 heteroatoms. The van der Waals surface area contributed by atoms with E-state index in [2.05, 4.69) is 9.28 Å². The van der Waals surface area contributed by atoms with Gasteiger partial charge in [0, 0.05) is 29.2 Å². The van der Waals surface area contributed by atoms with E-state index in [1.54, 1.807) is 49.0 Å². The van der Waals surface area contributed by atoms with Crippen LogP contribution in [0.15, 0.2) is 30.5 Å². The van der Waals surface area contributed by atoms with Crippen LogP contribution >= 0.6 is 11.6 Å². The Hall–Kier alpha value is -2.73. The second-order valence-corrected chi connectivity index (χ2v) is 9.20. The highest BCUT2D eigenvalue weighted by atomic mass is 35.5. The van der Waals surface area contributed by atoms with Crippen molar-refractivity contribution in [1.29, 1.82) is 0 Å². The predicted molar refractivity (Wildman–Crippen MR) is 108 cm³/mol. The molecule has 2 N–H and O–H groups in total. The first-order valence-electron chi connectivity index (χ1n) is 8.87. The lowest BCUT2D eigenvalue weighted by molar-refractivity contribution is -0.134. The number of benzene rings is 1. The summed E-state index contributed by atoms with van der Waals surface area (Å²) >= 11 is 6.01. The number of carbonyl (C=O) groups is 1. The Labute approximate surface area is 180 Å². The number of amides is 1. The van der Waals surface area contributed by atoms with Crippen LogP contribution in [0.2, 0.25) is 5.02 Å². The van der Waals surface area contributed by atoms with Crippen molar-refractivity contribution < 1.29 is 30.6 Å². The molecule has 0 fully saturated rings. The molecule has 2 aromatic heterocycles. The molecule has 3 aromatic rings. The van der Waals surface area contributed by atoms with Gasteiger partial charge in [0.05, 0.1) is 17.6 Å². The standard InChI is InChI=1S/C18H18ClF3N4O4S/c1-10-14(8-13(9-18(20,21)22)31(28,29)30-17(23)27)16(25(2)24-10)26-6-5-11-7-12(19)3-4-15(11)26/h3-7,13H,8-9H2,1-2H3,(H2,23,27). The third-order valence-corrected chi connectivity index (χ3v) is 6.47. The number of alkyl halides is 3. The number of halogens is 4. The Morgan fingerprint density at radius 2 is 2.00 bits per heavy atom. The third-order valence-electron chi connectivity index (χ3n) is 4.69. The second-order valence-electron chi connectivity index (χ2n) is 6.94. The number of aryl methyl sites for hydroxylation is 2. The average molecular weight is 479 g/mol. The van der Waals surface area contributed by atoms with Crippen molar-refractivity contribution in [2.24, 2.45) is 12.8 Å². The summed E-state index contributed by atoms with van der Waals surface area (Å²) in [4.78, 5) is 10.9. The van der Waals surface area contributed by atoms with Gasteiger partial charge in [0.1, 0.15) is 11.1 Å². The van der Waals surface area contributed by atoms with E-state index in [9.17, 15) is 26.4 Å². The SMILES string of the molecule is Cc1nn(C)c(-n2ccc3cc(Cl)ccc32)c1CC(CC(F)(F)F)S(=O)(=O)OC(N)=O. The molecule has 0 radical (unpaired) electrons. The lowest BCUT2D eigenvalue weighted by atomic mass is 10.1. The van der Waals surface area contributed by atoms with Gasteiger partial charge in [-0.3, -0.25) is 4.68 Å². The van der Waals surface area contributed by atoms with E-state index in [0.717, 1.165) is 5.39 Å². The zero-order valence-corrected chi connectivity index (χ0v) is 17.9. The second kappa shape index (κ2) is 8.08. The van der Waals surface area contributed by atoms with Gasteiger partial charge in [-0.05, 0) is 37.6 Å². The lowest BCUT2D eigenvalue weighted by Gasteiger charge is -2.19. The topological polar surface area (TPSA) is 109 Å². The van der Waals surface area contributed by atoms with Gasteiger partial charge in [0.25, 0.3) is 0 Å². The van der Waals surface area contributed by atoms with E-state index < -0.39 is 40.5 Å². The number of rotatable bonds is 6. The van der Waals surface area contributed by atoms with E-state index in [1.165, 1.54) is 4.68 Å². The number of hydrogen-bond acceptors (Lipinski definition) is 5. The minimum Gasteiger partial charge on any atom is -0.334 e. The first-order chi connectivity index (χ1) is 14.3. The summed E-state index contributed by atoms with van der Waals surface area (Å²) in [6.07, 6.45) is -7.18. The van der Waals surface area contributed by atoms with Crippen LogP contribution in [0.4, 0.5) is 18.0 Å². The Morgan fingerprint density at radius 1 is 1.32 bits per heavy atom. The van der Waals surface area contributed by atoms with Crippen molar-refractivity contribution in [3.8, 4) is 5.82 Å². The molecule has 168 valence electrons. The van der Waals surface area contributed by atoms with Crippen LogP contribution in [0.25, 0.3) is 16.7 Å². The highest BCUT2D eigenvalue weighted by Gasteiger charge is 2.41. The Bertz CT molecular complexity index is 1250. The smallest absolute Gasteiger partial charge is 0.334 e. The third kappa shape index (κ3) is 4.96. The lowest BCUT2D eigenvalue weighted by Crippen LogP contribution is -2.34. The molecule has 0 bridgehead atoms. The number of primary amides is 1. The maximum atomic E-state index is 13.1. The van der Waals surface area contributed by atoms with Crippen molar-refractivity contribution >= 4 is 38.7 Å². The van der Waals surface area contributed by atoms with Crippen molar-refractivity contribution in [2.75, 3.05) is 0 Å². The van der Waals surface area contributed by atoms with E-state index in [4.69, 9.17) is 17.3 Å². The quantitative estimate of drug-likeness (QED) is 0.544. The molecular formula is C18H18ClF3N4O4S. The normalized spacial score (nSPS) is 13.5. The van der Waals surface area contributed by atoms with Crippen LogP contribution < -0.4 is 5.73 Å². The van der Waals surface area contributed by atoms with Gasteiger partial charge >= 0.3 is 22.4 Å². The molecule has 0 saturated carbocycles. The summed E-state index contributed by atoms with van der Waals surface area (Å²) in [5, 5.41) is 3.42. The number of fused-ring (bicyclic) bond motifs is 1. The highest BCUT2D eigenvalue weighted by Crippen LogP contribution is 2.32. The molecule has 0 aliphatic rings. The van der Waals surface area contributed by atoms with Gasteiger partial charge in [0.15, 0.2) is 0 Å². The number of hydrogen-bond donors (Lipinski definition) is 1. The molecule has 0 aliphatic carbocycles. The summed E-state index contributed by atoms with van der Waals surface area (Å²) in [6, 6.07) is 6.85. The van der Waals surface area contributed by atoms with Crippen LogP contribution in [-0.4, -0.2) is 40.3 Å². The molecule has 1 unspecified atom stereocenters. The van der Waals surface area contributed by atoms with Gasteiger partial charge in [-0.15, -0.1) is 0 Å². The van der Waals surface area contributed by atoms with Gasteiger partial charge in [-0.2, -0.15) is 26.7 Å². The number of nitrogens with two attached hydrogens (primary N) is 1. The Balaban J connectivity index is 2.12. The molecule has 1 amide bonds. The zero-order valence-electron chi connectivity index (χ0n) is 16.4. The molecule has 1 atom stereocenters. The fourth-order valence-electron chi connectivity index (χ4n) is 3.47. The summed E-state index contributed by atoms with van der Waals surface area (Å²) < 4.78 is 71.2. The summed E-state index contributed by atoms with van der Waals surface area (Å²) in [7, 11) is -3.37. The largest absolute Gasteiger partial charge is 0.420 e. The van der Waals surface area contributed by atoms with Crippen LogP contribution in [0.1, 0.15) is 17.7 Å². The molecule has 8 nitrogen and oxygen atoms in total. The van der Waals surface area contributed by atoms with E-state index in [0.29, 0.717) is 22.1 Å².